The van der Waals surface area contributed by atoms with Crippen molar-refractivity contribution in [1.29, 1.82) is 0 Å². The van der Waals surface area contributed by atoms with E-state index in [2.05, 4.69) is 41.5 Å². The topological polar surface area (TPSA) is 0 Å². The Hall–Kier alpha value is 0.290. The first kappa shape index (κ1) is 12.3. The molecule has 0 aliphatic heterocycles. The molecule has 0 aliphatic rings. The van der Waals surface area contributed by atoms with Gasteiger partial charge in [-0.1, -0.05) is 41.0 Å². The van der Waals surface area contributed by atoms with Gasteiger partial charge in [0.1, 0.15) is 0 Å². The van der Waals surface area contributed by atoms with Crippen LogP contribution in [0.4, 0.5) is 0 Å². The van der Waals surface area contributed by atoms with Crippen LogP contribution in [0.1, 0.15) is 48.0 Å². The Morgan fingerprint density at radius 1 is 1.17 bits per heavy atom. The quantitative estimate of drug-likeness (QED) is 0.580. The minimum absolute atomic E-state index is 0.0462. The summed E-state index contributed by atoms with van der Waals surface area (Å²) in [5, 5.41) is 0. The van der Waals surface area contributed by atoms with Crippen molar-refractivity contribution < 1.29 is 0 Å². The van der Waals surface area contributed by atoms with Crippen LogP contribution in [0, 0.1) is 17.8 Å². The molecule has 0 aliphatic carbocycles. The van der Waals surface area contributed by atoms with E-state index in [4.69, 9.17) is 11.6 Å². The van der Waals surface area contributed by atoms with Crippen molar-refractivity contribution in [2.24, 2.45) is 17.8 Å². The molecule has 74 valence electrons. The lowest BCUT2D eigenvalue weighted by molar-refractivity contribution is 0.245. The van der Waals surface area contributed by atoms with Gasteiger partial charge >= 0.3 is 0 Å². The molecule has 0 nitrogen and oxygen atoms in total. The maximum atomic E-state index is 6.50. The minimum atomic E-state index is -0.0462. The van der Waals surface area contributed by atoms with Crippen LogP contribution in [0.25, 0.3) is 0 Å². The third-order valence-electron chi connectivity index (χ3n) is 3.52. The molecule has 0 rings (SSSR count). The highest BCUT2D eigenvalue weighted by molar-refractivity contribution is 6.24. The summed E-state index contributed by atoms with van der Waals surface area (Å²) >= 11 is 6.50. The lowest BCUT2D eigenvalue weighted by Gasteiger charge is -2.36. The van der Waals surface area contributed by atoms with Crippen molar-refractivity contribution in [2.75, 3.05) is 0 Å². The molecule has 0 fully saturated rings. The van der Waals surface area contributed by atoms with E-state index in [0.29, 0.717) is 11.8 Å². The standard InChI is InChI=1S/C11H23Cl/c1-7-9(4)10(5)11(6,12)8(2)3/h8-10H,7H2,1-6H3. The summed E-state index contributed by atoms with van der Waals surface area (Å²) < 4.78 is 0. The molecule has 0 aromatic rings. The Bertz CT molecular complexity index is 127. The molecule has 0 heterocycles. The highest BCUT2D eigenvalue weighted by Crippen LogP contribution is 2.37. The van der Waals surface area contributed by atoms with Gasteiger partial charge in [-0.25, -0.2) is 0 Å². The summed E-state index contributed by atoms with van der Waals surface area (Å²) in [6.07, 6.45) is 1.22. The molecule has 0 spiro atoms. The first-order valence-electron chi connectivity index (χ1n) is 5.02. The van der Waals surface area contributed by atoms with Crippen molar-refractivity contribution in [2.45, 2.75) is 52.8 Å². The Morgan fingerprint density at radius 3 is 1.83 bits per heavy atom. The van der Waals surface area contributed by atoms with Gasteiger partial charge in [0.15, 0.2) is 0 Å². The smallest absolute Gasteiger partial charge is 0.0469 e. The first-order valence-corrected chi connectivity index (χ1v) is 5.40. The number of hydrogen-bond donors (Lipinski definition) is 0. The molecule has 0 saturated heterocycles. The number of alkyl halides is 1. The monoisotopic (exact) mass is 190 g/mol. The van der Waals surface area contributed by atoms with E-state index in [9.17, 15) is 0 Å². The van der Waals surface area contributed by atoms with Crippen LogP contribution in [-0.2, 0) is 0 Å². The molecule has 3 unspecified atom stereocenters. The SMILES string of the molecule is CCC(C)C(C)C(C)(Cl)C(C)C. The van der Waals surface area contributed by atoms with Crippen LogP contribution >= 0.6 is 11.6 Å². The van der Waals surface area contributed by atoms with Crippen LogP contribution in [0.2, 0.25) is 0 Å². The van der Waals surface area contributed by atoms with Gasteiger partial charge in [-0.3, -0.25) is 0 Å². The highest BCUT2D eigenvalue weighted by Gasteiger charge is 2.34. The highest BCUT2D eigenvalue weighted by atomic mass is 35.5. The minimum Gasteiger partial charge on any atom is -0.119 e. The molecule has 0 aromatic heterocycles. The summed E-state index contributed by atoms with van der Waals surface area (Å²) in [7, 11) is 0. The van der Waals surface area contributed by atoms with Crippen LogP contribution in [0.5, 0.6) is 0 Å². The largest absolute Gasteiger partial charge is 0.119 e. The second kappa shape index (κ2) is 4.50. The molecular formula is C11H23Cl. The second-order valence-electron chi connectivity index (χ2n) is 4.48. The second-order valence-corrected chi connectivity index (χ2v) is 5.29. The van der Waals surface area contributed by atoms with Gasteiger partial charge in [-0.05, 0) is 24.7 Å². The van der Waals surface area contributed by atoms with Gasteiger partial charge < -0.3 is 0 Å². The molecule has 0 amide bonds. The van der Waals surface area contributed by atoms with Crippen molar-refractivity contribution in [1.82, 2.24) is 0 Å². The van der Waals surface area contributed by atoms with Gasteiger partial charge in [0.2, 0.25) is 0 Å². The Morgan fingerprint density at radius 2 is 1.58 bits per heavy atom. The molecule has 0 aromatic carbocycles. The van der Waals surface area contributed by atoms with Crippen molar-refractivity contribution in [3.05, 3.63) is 0 Å². The van der Waals surface area contributed by atoms with Gasteiger partial charge in [0.05, 0.1) is 0 Å². The molecule has 0 N–H and O–H groups in total. The molecule has 0 bridgehead atoms. The van der Waals surface area contributed by atoms with Crippen LogP contribution in [0.15, 0.2) is 0 Å². The molecule has 1 heteroatoms. The lowest BCUT2D eigenvalue weighted by atomic mass is 9.77. The summed E-state index contributed by atoms with van der Waals surface area (Å²) in [6, 6.07) is 0. The van der Waals surface area contributed by atoms with Gasteiger partial charge in [0, 0.05) is 4.87 Å². The zero-order chi connectivity index (χ0) is 9.94. The molecule has 0 radical (unpaired) electrons. The van der Waals surface area contributed by atoms with E-state index in [-0.39, 0.29) is 4.87 Å². The summed E-state index contributed by atoms with van der Waals surface area (Å²) in [5.74, 6) is 1.85. The van der Waals surface area contributed by atoms with E-state index in [1.807, 2.05) is 0 Å². The maximum absolute atomic E-state index is 6.50. The number of hydrogen-bond acceptors (Lipinski definition) is 0. The maximum Gasteiger partial charge on any atom is 0.0469 e. The molecule has 12 heavy (non-hydrogen) atoms. The Labute approximate surface area is 82.7 Å². The number of halogens is 1. The van der Waals surface area contributed by atoms with Gasteiger partial charge in [-0.2, -0.15) is 0 Å². The number of rotatable bonds is 4. The zero-order valence-electron chi connectivity index (χ0n) is 9.32. The van der Waals surface area contributed by atoms with Crippen molar-refractivity contribution in [3.8, 4) is 0 Å². The summed E-state index contributed by atoms with van der Waals surface area (Å²) in [5.41, 5.74) is 0. The fourth-order valence-electron chi connectivity index (χ4n) is 1.44. The Kier molecular flexibility index (Phi) is 4.61. The van der Waals surface area contributed by atoms with E-state index in [1.54, 1.807) is 0 Å². The van der Waals surface area contributed by atoms with Crippen LogP contribution in [0.3, 0.4) is 0 Å². The normalized spacial score (nSPS) is 22.0. The van der Waals surface area contributed by atoms with Gasteiger partial charge in [-0.15, -0.1) is 11.6 Å². The molecule has 3 atom stereocenters. The Balaban J connectivity index is 4.34. The summed E-state index contributed by atoms with van der Waals surface area (Å²) in [6.45, 7) is 13.3. The van der Waals surface area contributed by atoms with E-state index < -0.39 is 0 Å². The fourth-order valence-corrected chi connectivity index (χ4v) is 1.65. The predicted octanol–water partition coefficient (Wildman–Crippen LogP) is 4.32. The summed E-state index contributed by atoms with van der Waals surface area (Å²) in [4.78, 5) is -0.0462. The zero-order valence-corrected chi connectivity index (χ0v) is 10.1. The fraction of sp³-hybridized carbons (Fsp3) is 1.00. The van der Waals surface area contributed by atoms with Crippen molar-refractivity contribution >= 4 is 11.6 Å². The average Bonchev–Trinajstić information content (AvgIpc) is 2.01. The van der Waals surface area contributed by atoms with Crippen LogP contribution < -0.4 is 0 Å². The molecule has 0 saturated carbocycles. The third-order valence-corrected chi connectivity index (χ3v) is 4.30. The van der Waals surface area contributed by atoms with E-state index >= 15 is 0 Å². The predicted molar refractivity (Wildman–Crippen MR) is 57.7 cm³/mol. The van der Waals surface area contributed by atoms with E-state index in [1.165, 1.54) is 6.42 Å². The molecular weight excluding hydrogens is 168 g/mol. The lowest BCUT2D eigenvalue weighted by Crippen LogP contribution is -2.36. The average molecular weight is 191 g/mol. The van der Waals surface area contributed by atoms with Crippen molar-refractivity contribution in [3.63, 3.8) is 0 Å². The first-order chi connectivity index (χ1) is 5.34. The van der Waals surface area contributed by atoms with E-state index in [0.717, 1.165) is 5.92 Å². The van der Waals surface area contributed by atoms with Gasteiger partial charge in [0.25, 0.3) is 0 Å². The third kappa shape index (κ3) is 2.65. The van der Waals surface area contributed by atoms with Crippen LogP contribution in [-0.4, -0.2) is 4.87 Å².